The summed E-state index contributed by atoms with van der Waals surface area (Å²) in [5.41, 5.74) is 3.03. The molecule has 1 unspecified atom stereocenters. The smallest absolute Gasteiger partial charge is 0.251 e. The van der Waals surface area contributed by atoms with E-state index in [-0.39, 0.29) is 18.4 Å². The number of nitrogens with zero attached hydrogens (tertiary/aromatic N) is 1. The zero-order valence-electron chi connectivity index (χ0n) is 15.3. The van der Waals surface area contributed by atoms with Gasteiger partial charge in [-0.1, -0.05) is 12.1 Å². The van der Waals surface area contributed by atoms with Gasteiger partial charge in [0.25, 0.3) is 5.91 Å². The third-order valence-corrected chi connectivity index (χ3v) is 4.57. The summed E-state index contributed by atoms with van der Waals surface area (Å²) in [7, 11) is 1.55. The zero-order chi connectivity index (χ0) is 19.4. The molecule has 1 atom stereocenters. The fourth-order valence-electron chi connectivity index (χ4n) is 2.48. The third-order valence-electron chi connectivity index (χ3n) is 4.57. The highest BCUT2D eigenvalue weighted by Gasteiger charge is 2.19. The molecule has 138 valence electrons. The number of carbonyl (C=O) groups is 2. The molecular formula is C20H22F2N2O2. The number of hydrogen-bond donors (Lipinski definition) is 1. The second kappa shape index (κ2) is 8.08. The van der Waals surface area contributed by atoms with Crippen molar-refractivity contribution < 1.29 is 18.4 Å². The number of likely N-dealkylation sites (N-methyl/N-ethyl adjacent to an activating group) is 1. The average Bonchev–Trinajstić information content (AvgIpc) is 2.62. The fourth-order valence-corrected chi connectivity index (χ4v) is 2.48. The van der Waals surface area contributed by atoms with Crippen LogP contribution in [0.3, 0.4) is 0 Å². The van der Waals surface area contributed by atoms with E-state index in [9.17, 15) is 18.4 Å². The Morgan fingerprint density at radius 2 is 1.73 bits per heavy atom. The Bertz CT molecular complexity index is 837. The van der Waals surface area contributed by atoms with E-state index in [2.05, 4.69) is 5.32 Å². The Balaban J connectivity index is 1.98. The highest BCUT2D eigenvalue weighted by molar-refractivity contribution is 5.96. The molecule has 0 saturated carbocycles. The molecular weight excluding hydrogens is 338 g/mol. The van der Waals surface area contributed by atoms with E-state index in [1.807, 2.05) is 19.9 Å². The molecule has 0 spiro atoms. The minimum absolute atomic E-state index is 0.184. The van der Waals surface area contributed by atoms with Crippen LogP contribution < -0.4 is 5.32 Å². The quantitative estimate of drug-likeness (QED) is 0.887. The number of rotatable bonds is 5. The normalized spacial score (nSPS) is 11.8. The van der Waals surface area contributed by atoms with Gasteiger partial charge in [0, 0.05) is 12.6 Å². The first-order valence-electron chi connectivity index (χ1n) is 8.26. The zero-order valence-corrected chi connectivity index (χ0v) is 15.3. The number of carbonyl (C=O) groups excluding carboxylic acids is 2. The topological polar surface area (TPSA) is 49.4 Å². The molecule has 26 heavy (non-hydrogen) atoms. The molecule has 0 aliphatic carbocycles. The molecule has 2 amide bonds. The summed E-state index contributed by atoms with van der Waals surface area (Å²) >= 11 is 0. The van der Waals surface area contributed by atoms with Crippen LogP contribution in [0.5, 0.6) is 0 Å². The number of benzene rings is 2. The van der Waals surface area contributed by atoms with Crippen molar-refractivity contribution in [2.45, 2.75) is 26.8 Å². The maximum atomic E-state index is 13.4. The Kier molecular flexibility index (Phi) is 6.08. The number of aryl methyl sites for hydroxylation is 2. The molecule has 2 aromatic carbocycles. The van der Waals surface area contributed by atoms with E-state index < -0.39 is 17.7 Å². The van der Waals surface area contributed by atoms with Crippen molar-refractivity contribution in [1.29, 1.82) is 0 Å². The average molecular weight is 360 g/mol. The lowest BCUT2D eigenvalue weighted by Crippen LogP contribution is -2.39. The van der Waals surface area contributed by atoms with Gasteiger partial charge < -0.3 is 10.2 Å². The van der Waals surface area contributed by atoms with Crippen LogP contribution in [0.1, 0.15) is 40.0 Å². The minimum atomic E-state index is -0.960. The van der Waals surface area contributed by atoms with Crippen LogP contribution in [0.15, 0.2) is 36.4 Å². The standard InChI is InChI=1S/C20H22F2N2O2/c1-12-5-6-16(9-13(12)2)20(26)23-11-19(25)24(4)14(3)15-7-8-17(21)18(22)10-15/h5-10,14H,11H2,1-4H3,(H,23,26). The molecule has 0 saturated heterocycles. The summed E-state index contributed by atoms with van der Waals surface area (Å²) in [4.78, 5) is 25.9. The van der Waals surface area contributed by atoms with E-state index in [4.69, 9.17) is 0 Å². The van der Waals surface area contributed by atoms with Crippen molar-refractivity contribution in [2.75, 3.05) is 13.6 Å². The van der Waals surface area contributed by atoms with E-state index in [1.165, 1.54) is 11.0 Å². The van der Waals surface area contributed by atoms with Crippen LogP contribution in [0.25, 0.3) is 0 Å². The minimum Gasteiger partial charge on any atom is -0.343 e. The molecule has 0 fully saturated rings. The predicted molar refractivity (Wildman–Crippen MR) is 95.8 cm³/mol. The molecule has 0 radical (unpaired) electrons. The summed E-state index contributed by atoms with van der Waals surface area (Å²) in [6.07, 6.45) is 0. The number of halogens is 2. The van der Waals surface area contributed by atoms with Crippen LogP contribution >= 0.6 is 0 Å². The second-order valence-corrected chi connectivity index (χ2v) is 6.34. The van der Waals surface area contributed by atoms with Gasteiger partial charge in [-0.05, 0) is 61.7 Å². The Morgan fingerprint density at radius 1 is 1.04 bits per heavy atom. The number of nitrogens with one attached hydrogen (secondary N) is 1. The first-order chi connectivity index (χ1) is 12.2. The molecule has 2 rings (SSSR count). The lowest BCUT2D eigenvalue weighted by molar-refractivity contribution is -0.130. The van der Waals surface area contributed by atoms with E-state index in [1.54, 1.807) is 26.1 Å². The molecule has 6 heteroatoms. The van der Waals surface area contributed by atoms with Gasteiger partial charge in [0.2, 0.25) is 5.91 Å². The molecule has 1 N–H and O–H groups in total. The summed E-state index contributed by atoms with van der Waals surface area (Å²) < 4.78 is 26.4. The van der Waals surface area contributed by atoms with Crippen molar-refractivity contribution >= 4 is 11.8 Å². The van der Waals surface area contributed by atoms with Crippen molar-refractivity contribution in [3.8, 4) is 0 Å². The highest BCUT2D eigenvalue weighted by Crippen LogP contribution is 2.20. The van der Waals surface area contributed by atoms with Crippen molar-refractivity contribution in [2.24, 2.45) is 0 Å². The van der Waals surface area contributed by atoms with Gasteiger partial charge in [-0.2, -0.15) is 0 Å². The van der Waals surface area contributed by atoms with Crippen molar-refractivity contribution in [1.82, 2.24) is 10.2 Å². The lowest BCUT2D eigenvalue weighted by atomic mass is 10.1. The Morgan fingerprint density at radius 3 is 2.35 bits per heavy atom. The van der Waals surface area contributed by atoms with Crippen LogP contribution in [0.4, 0.5) is 8.78 Å². The van der Waals surface area contributed by atoms with Crippen molar-refractivity contribution in [3.63, 3.8) is 0 Å². The molecule has 0 heterocycles. The van der Waals surface area contributed by atoms with Gasteiger partial charge in [0.1, 0.15) is 0 Å². The van der Waals surface area contributed by atoms with Gasteiger partial charge in [-0.15, -0.1) is 0 Å². The first kappa shape index (κ1) is 19.6. The first-order valence-corrected chi connectivity index (χ1v) is 8.26. The molecule has 0 aliphatic rings. The third kappa shape index (κ3) is 4.45. The lowest BCUT2D eigenvalue weighted by Gasteiger charge is -2.25. The molecule has 2 aromatic rings. The summed E-state index contributed by atoms with van der Waals surface area (Å²) in [6, 6.07) is 8.39. The fraction of sp³-hybridized carbons (Fsp3) is 0.300. The van der Waals surface area contributed by atoms with Gasteiger partial charge in [0.15, 0.2) is 11.6 Å². The van der Waals surface area contributed by atoms with E-state index in [0.717, 1.165) is 23.3 Å². The molecule has 4 nitrogen and oxygen atoms in total. The second-order valence-electron chi connectivity index (χ2n) is 6.34. The van der Waals surface area contributed by atoms with Crippen LogP contribution in [0.2, 0.25) is 0 Å². The van der Waals surface area contributed by atoms with Crippen LogP contribution in [-0.2, 0) is 4.79 Å². The van der Waals surface area contributed by atoms with Gasteiger partial charge in [-0.3, -0.25) is 9.59 Å². The van der Waals surface area contributed by atoms with E-state index in [0.29, 0.717) is 11.1 Å². The van der Waals surface area contributed by atoms with Gasteiger partial charge in [-0.25, -0.2) is 8.78 Å². The Labute approximate surface area is 151 Å². The highest BCUT2D eigenvalue weighted by atomic mass is 19.2. The van der Waals surface area contributed by atoms with Gasteiger partial charge >= 0.3 is 0 Å². The van der Waals surface area contributed by atoms with Crippen LogP contribution in [0, 0.1) is 25.5 Å². The van der Waals surface area contributed by atoms with Crippen LogP contribution in [-0.4, -0.2) is 30.3 Å². The van der Waals surface area contributed by atoms with Crippen molar-refractivity contribution in [3.05, 3.63) is 70.3 Å². The SMILES string of the molecule is Cc1ccc(C(=O)NCC(=O)N(C)C(C)c2ccc(F)c(F)c2)cc1C. The van der Waals surface area contributed by atoms with E-state index >= 15 is 0 Å². The van der Waals surface area contributed by atoms with Gasteiger partial charge in [0.05, 0.1) is 12.6 Å². The molecule has 0 bridgehead atoms. The maximum Gasteiger partial charge on any atom is 0.251 e. The monoisotopic (exact) mass is 360 g/mol. The Hall–Kier alpha value is -2.76. The maximum absolute atomic E-state index is 13.4. The summed E-state index contributed by atoms with van der Waals surface area (Å²) in [5.74, 6) is -2.57. The predicted octanol–water partition coefficient (Wildman–Crippen LogP) is 3.53. The molecule has 0 aromatic heterocycles. The summed E-state index contributed by atoms with van der Waals surface area (Å²) in [6.45, 7) is 5.38. The number of hydrogen-bond acceptors (Lipinski definition) is 2. The number of amides is 2. The largest absolute Gasteiger partial charge is 0.343 e. The molecule has 0 aliphatic heterocycles. The summed E-state index contributed by atoms with van der Waals surface area (Å²) in [5, 5.41) is 2.59.